The summed E-state index contributed by atoms with van der Waals surface area (Å²) in [5.74, 6) is -0.707. The predicted octanol–water partition coefficient (Wildman–Crippen LogP) is 2.41. The number of ether oxygens (including phenoxy) is 1. The molecule has 0 saturated carbocycles. The van der Waals surface area contributed by atoms with E-state index < -0.39 is 5.82 Å². The van der Waals surface area contributed by atoms with Gasteiger partial charge in [-0.25, -0.2) is 4.39 Å². The van der Waals surface area contributed by atoms with Crippen LogP contribution in [0.2, 0.25) is 0 Å². The summed E-state index contributed by atoms with van der Waals surface area (Å²) in [7, 11) is 1.37. The number of halogens is 1. The average Bonchev–Trinajstić information content (AvgIpc) is 2.39. The first-order valence-corrected chi connectivity index (χ1v) is 5.14. The minimum atomic E-state index is -0.565. The number of rotatable bonds is 3. The van der Waals surface area contributed by atoms with Gasteiger partial charge in [0.05, 0.1) is 18.9 Å². The Morgan fingerprint density at radius 1 is 1.33 bits per heavy atom. The van der Waals surface area contributed by atoms with E-state index in [1.807, 2.05) is 0 Å². The van der Waals surface area contributed by atoms with Crippen molar-refractivity contribution in [1.29, 1.82) is 0 Å². The lowest BCUT2D eigenvalue weighted by Crippen LogP contribution is -1.94. The summed E-state index contributed by atoms with van der Waals surface area (Å²) >= 11 is 0. The lowest BCUT2D eigenvalue weighted by molar-refractivity contribution is 0.112. The second-order valence-corrected chi connectivity index (χ2v) is 3.55. The molecule has 0 fully saturated rings. The maximum atomic E-state index is 13.6. The van der Waals surface area contributed by atoms with Crippen molar-refractivity contribution in [3.8, 4) is 22.6 Å². The molecule has 1 heterocycles. The van der Waals surface area contributed by atoms with Crippen molar-refractivity contribution < 1.29 is 19.0 Å². The highest BCUT2D eigenvalue weighted by Gasteiger charge is 2.16. The SMILES string of the molecule is COc1ccc(-c2ccncc2F)c(C=O)c1O. The van der Waals surface area contributed by atoms with Crippen molar-refractivity contribution in [2.75, 3.05) is 7.11 Å². The van der Waals surface area contributed by atoms with Crippen LogP contribution in [-0.2, 0) is 0 Å². The first-order chi connectivity index (χ1) is 8.69. The second-order valence-electron chi connectivity index (χ2n) is 3.55. The molecule has 0 atom stereocenters. The molecular weight excluding hydrogens is 237 g/mol. The summed E-state index contributed by atoms with van der Waals surface area (Å²) in [6.07, 6.45) is 2.92. The van der Waals surface area contributed by atoms with E-state index in [1.54, 1.807) is 0 Å². The van der Waals surface area contributed by atoms with E-state index in [0.717, 1.165) is 6.20 Å². The standard InChI is InChI=1S/C13H10FNO3/c1-18-12-3-2-8(10(7-16)13(12)17)9-4-5-15-6-11(9)14/h2-7,17H,1H3. The van der Waals surface area contributed by atoms with E-state index >= 15 is 0 Å². The monoisotopic (exact) mass is 247 g/mol. The molecule has 2 aromatic rings. The Labute approximate surface area is 103 Å². The van der Waals surface area contributed by atoms with Crippen LogP contribution in [0.4, 0.5) is 4.39 Å². The number of aldehydes is 1. The smallest absolute Gasteiger partial charge is 0.169 e. The molecule has 2 rings (SSSR count). The predicted molar refractivity (Wildman–Crippen MR) is 63.2 cm³/mol. The van der Waals surface area contributed by atoms with Gasteiger partial charge >= 0.3 is 0 Å². The molecule has 0 unspecified atom stereocenters. The third kappa shape index (κ3) is 1.90. The number of aromatic nitrogens is 1. The number of hydrogen-bond acceptors (Lipinski definition) is 4. The Balaban J connectivity index is 2.69. The van der Waals surface area contributed by atoms with Crippen LogP contribution < -0.4 is 4.74 Å². The molecular formula is C13H10FNO3. The highest BCUT2D eigenvalue weighted by Crippen LogP contribution is 2.36. The number of methoxy groups -OCH3 is 1. The van der Waals surface area contributed by atoms with E-state index in [4.69, 9.17) is 4.74 Å². The molecule has 0 bridgehead atoms. The minimum Gasteiger partial charge on any atom is -0.504 e. The van der Waals surface area contributed by atoms with Gasteiger partial charge in [0.2, 0.25) is 0 Å². The van der Waals surface area contributed by atoms with Crippen LogP contribution in [-0.4, -0.2) is 23.5 Å². The summed E-state index contributed by atoms with van der Waals surface area (Å²) in [6, 6.07) is 4.42. The molecule has 0 spiro atoms. The molecule has 92 valence electrons. The van der Waals surface area contributed by atoms with E-state index in [9.17, 15) is 14.3 Å². The second kappa shape index (κ2) is 4.83. The number of hydrogen-bond donors (Lipinski definition) is 1. The molecule has 0 aliphatic heterocycles. The fourth-order valence-corrected chi connectivity index (χ4v) is 1.70. The maximum absolute atomic E-state index is 13.6. The third-order valence-corrected chi connectivity index (χ3v) is 2.58. The zero-order valence-corrected chi connectivity index (χ0v) is 9.55. The van der Waals surface area contributed by atoms with E-state index in [-0.39, 0.29) is 22.6 Å². The Morgan fingerprint density at radius 2 is 2.11 bits per heavy atom. The number of pyridine rings is 1. The normalized spacial score (nSPS) is 10.1. The number of phenolic OH excluding ortho intramolecular Hbond substituents is 1. The highest BCUT2D eigenvalue weighted by atomic mass is 19.1. The van der Waals surface area contributed by atoms with Gasteiger partial charge in [0.15, 0.2) is 17.8 Å². The molecule has 1 N–H and O–H groups in total. The quantitative estimate of drug-likeness (QED) is 0.846. The van der Waals surface area contributed by atoms with Crippen molar-refractivity contribution in [3.63, 3.8) is 0 Å². The molecule has 4 nitrogen and oxygen atoms in total. The number of aromatic hydroxyl groups is 1. The topological polar surface area (TPSA) is 59.4 Å². The number of carbonyl (C=O) groups excluding carboxylic acids is 1. The lowest BCUT2D eigenvalue weighted by atomic mass is 9.99. The zero-order valence-electron chi connectivity index (χ0n) is 9.55. The first kappa shape index (κ1) is 12.0. The molecule has 0 saturated heterocycles. The van der Waals surface area contributed by atoms with Gasteiger partial charge in [0.25, 0.3) is 0 Å². The molecule has 0 amide bonds. The molecule has 0 radical (unpaired) electrons. The summed E-state index contributed by atoms with van der Waals surface area (Å²) in [5.41, 5.74) is 0.479. The van der Waals surface area contributed by atoms with E-state index in [1.165, 1.54) is 31.5 Å². The van der Waals surface area contributed by atoms with Crippen molar-refractivity contribution >= 4 is 6.29 Å². The van der Waals surface area contributed by atoms with Gasteiger partial charge in [0, 0.05) is 11.8 Å². The molecule has 0 aliphatic carbocycles. The van der Waals surface area contributed by atoms with E-state index in [0.29, 0.717) is 11.8 Å². The van der Waals surface area contributed by atoms with Crippen LogP contribution in [0.1, 0.15) is 10.4 Å². The summed E-state index contributed by atoms with van der Waals surface area (Å²) < 4.78 is 18.5. The zero-order chi connectivity index (χ0) is 13.1. The van der Waals surface area contributed by atoms with Gasteiger partial charge in [-0.05, 0) is 23.8 Å². The van der Waals surface area contributed by atoms with Gasteiger partial charge in [-0.3, -0.25) is 9.78 Å². The van der Waals surface area contributed by atoms with Crippen LogP contribution in [0.5, 0.6) is 11.5 Å². The maximum Gasteiger partial charge on any atom is 0.169 e. The molecule has 0 aliphatic rings. The molecule has 1 aromatic heterocycles. The van der Waals surface area contributed by atoms with Gasteiger partial charge in [0.1, 0.15) is 5.82 Å². The molecule has 18 heavy (non-hydrogen) atoms. The van der Waals surface area contributed by atoms with Gasteiger partial charge in [-0.15, -0.1) is 0 Å². The van der Waals surface area contributed by atoms with Crippen LogP contribution in [0.3, 0.4) is 0 Å². The summed E-state index contributed by atoms with van der Waals surface area (Å²) in [4.78, 5) is 14.7. The van der Waals surface area contributed by atoms with Crippen molar-refractivity contribution in [1.82, 2.24) is 4.98 Å². The largest absolute Gasteiger partial charge is 0.504 e. The fraction of sp³-hybridized carbons (Fsp3) is 0.0769. The van der Waals surface area contributed by atoms with E-state index in [2.05, 4.69) is 4.98 Å². The summed E-state index contributed by atoms with van der Waals surface area (Å²) in [6.45, 7) is 0. The molecule has 5 heteroatoms. The Bertz CT molecular complexity index is 599. The number of benzene rings is 1. The van der Waals surface area contributed by atoms with Crippen LogP contribution in [0.15, 0.2) is 30.6 Å². The highest BCUT2D eigenvalue weighted by molar-refractivity contribution is 5.92. The van der Waals surface area contributed by atoms with Crippen molar-refractivity contribution in [3.05, 3.63) is 42.0 Å². The lowest BCUT2D eigenvalue weighted by Gasteiger charge is -2.10. The fourth-order valence-electron chi connectivity index (χ4n) is 1.70. The average molecular weight is 247 g/mol. The Kier molecular flexibility index (Phi) is 3.23. The number of phenols is 1. The van der Waals surface area contributed by atoms with Crippen LogP contribution in [0.25, 0.3) is 11.1 Å². The number of carbonyl (C=O) groups is 1. The summed E-state index contributed by atoms with van der Waals surface area (Å²) in [5, 5.41) is 9.83. The van der Waals surface area contributed by atoms with Crippen LogP contribution >= 0.6 is 0 Å². The minimum absolute atomic E-state index is 0.0144. The van der Waals surface area contributed by atoms with Gasteiger partial charge in [-0.2, -0.15) is 0 Å². The van der Waals surface area contributed by atoms with Crippen LogP contribution in [0, 0.1) is 5.82 Å². The van der Waals surface area contributed by atoms with Crippen molar-refractivity contribution in [2.24, 2.45) is 0 Å². The van der Waals surface area contributed by atoms with Gasteiger partial charge in [-0.1, -0.05) is 0 Å². The first-order valence-electron chi connectivity index (χ1n) is 5.14. The third-order valence-electron chi connectivity index (χ3n) is 2.58. The number of nitrogens with zero attached hydrogens (tertiary/aromatic N) is 1. The Hall–Kier alpha value is -2.43. The Morgan fingerprint density at radius 3 is 2.72 bits per heavy atom. The van der Waals surface area contributed by atoms with Gasteiger partial charge < -0.3 is 9.84 Å². The molecule has 1 aromatic carbocycles. The van der Waals surface area contributed by atoms with Crippen molar-refractivity contribution in [2.45, 2.75) is 0 Å².